The molecule has 0 aromatic heterocycles. The van der Waals surface area contributed by atoms with Crippen molar-refractivity contribution in [1.82, 2.24) is 4.90 Å². The fraction of sp³-hybridized carbons (Fsp3) is 0.519. The zero-order valence-electron chi connectivity index (χ0n) is 18.8. The molecular weight excluding hydrogens is 390 g/mol. The lowest BCUT2D eigenvalue weighted by molar-refractivity contribution is 0.261. The number of hydrogen-bond acceptors (Lipinski definition) is 2. The van der Waals surface area contributed by atoms with Gasteiger partial charge in [-0.2, -0.15) is 5.26 Å². The summed E-state index contributed by atoms with van der Waals surface area (Å²) in [6, 6.07) is 17.9. The molecule has 2 aliphatic carbocycles. The van der Waals surface area contributed by atoms with Crippen molar-refractivity contribution in [3.05, 3.63) is 70.8 Å². The van der Waals surface area contributed by atoms with Crippen molar-refractivity contribution in [2.75, 3.05) is 13.1 Å². The third-order valence-electron chi connectivity index (χ3n) is 6.21. The van der Waals surface area contributed by atoms with Crippen molar-refractivity contribution in [2.24, 2.45) is 0 Å². The third kappa shape index (κ3) is 6.14. The van der Waals surface area contributed by atoms with Crippen LogP contribution in [0.2, 0.25) is 0 Å². The van der Waals surface area contributed by atoms with Gasteiger partial charge in [-0.05, 0) is 80.3 Å². The van der Waals surface area contributed by atoms with Crippen LogP contribution in [0.1, 0.15) is 74.6 Å². The summed E-state index contributed by atoms with van der Waals surface area (Å²) in [5.74, 6) is 0. The van der Waals surface area contributed by atoms with Gasteiger partial charge in [-0.1, -0.05) is 55.5 Å². The number of nitrogens with zero attached hydrogens (tertiary/aromatic N) is 2. The molecule has 0 saturated heterocycles. The lowest BCUT2D eigenvalue weighted by Crippen LogP contribution is -2.26. The van der Waals surface area contributed by atoms with Crippen molar-refractivity contribution in [3.63, 3.8) is 0 Å². The Labute approximate surface area is 185 Å². The molecule has 2 aromatic rings. The highest BCUT2D eigenvalue weighted by molar-refractivity contribution is 5.46. The molecule has 0 spiro atoms. The summed E-state index contributed by atoms with van der Waals surface area (Å²) < 4.78 is 29.9. The number of hydrogen-bond donors (Lipinski definition) is 0. The van der Waals surface area contributed by atoms with E-state index < -0.39 is 11.3 Å². The van der Waals surface area contributed by atoms with Crippen molar-refractivity contribution in [3.8, 4) is 6.07 Å². The molecule has 0 unspecified atom stereocenters. The fourth-order valence-corrected chi connectivity index (χ4v) is 4.36. The number of nitriles is 1. The molecule has 31 heavy (non-hydrogen) atoms. The average Bonchev–Trinajstić information content (AvgIpc) is 3.69. The monoisotopic (exact) mass is 424 g/mol. The Morgan fingerprint density at radius 1 is 0.903 bits per heavy atom. The van der Waals surface area contributed by atoms with Gasteiger partial charge in [-0.15, -0.1) is 0 Å². The molecule has 2 nitrogen and oxygen atoms in total. The predicted octanol–water partition coefficient (Wildman–Crippen LogP) is 6.98. The van der Waals surface area contributed by atoms with Crippen LogP contribution in [-0.4, -0.2) is 18.0 Å². The van der Waals surface area contributed by atoms with Crippen LogP contribution in [0.15, 0.2) is 48.5 Å². The maximum atomic E-state index is 14.9. The molecule has 0 bridgehead atoms. The van der Waals surface area contributed by atoms with Gasteiger partial charge in [-0.25, -0.2) is 8.78 Å². The van der Waals surface area contributed by atoms with Crippen LogP contribution < -0.4 is 0 Å². The fourth-order valence-electron chi connectivity index (χ4n) is 4.36. The second-order valence-electron chi connectivity index (χ2n) is 8.85. The number of alkyl halides is 2. The van der Waals surface area contributed by atoms with E-state index in [0.29, 0.717) is 25.7 Å². The van der Waals surface area contributed by atoms with Crippen molar-refractivity contribution in [1.29, 1.82) is 5.26 Å². The standard InChI is InChI=1S/C25H31F2N.C2H3N/c1-2-17-28(19-20-8-4-3-5-9-20)18-7-10-21-22(24(26)13-14-24)11-6-12-23(21)25(27)15-16-25;1-2-3/h3-6,8-9,11-12H,2,7,10,13-19H2,1H3;1H3. The molecule has 0 atom stereocenters. The van der Waals surface area contributed by atoms with Gasteiger partial charge in [0.15, 0.2) is 0 Å². The van der Waals surface area contributed by atoms with E-state index in [2.05, 4.69) is 36.1 Å². The molecule has 4 heteroatoms. The highest BCUT2D eigenvalue weighted by atomic mass is 19.1. The molecule has 0 radical (unpaired) electrons. The smallest absolute Gasteiger partial charge is 0.136 e. The molecule has 0 aliphatic heterocycles. The van der Waals surface area contributed by atoms with Crippen molar-refractivity contribution < 1.29 is 8.78 Å². The van der Waals surface area contributed by atoms with Gasteiger partial charge in [0.05, 0.1) is 6.07 Å². The highest BCUT2D eigenvalue weighted by Gasteiger charge is 2.50. The molecule has 0 amide bonds. The summed E-state index contributed by atoms with van der Waals surface area (Å²) in [5.41, 5.74) is 1.39. The first-order valence-corrected chi connectivity index (χ1v) is 11.5. The normalized spacial score (nSPS) is 17.4. The quantitative estimate of drug-likeness (QED) is 0.411. The lowest BCUT2D eigenvalue weighted by Gasteiger charge is -2.23. The second kappa shape index (κ2) is 10.4. The average molecular weight is 425 g/mol. The Bertz CT molecular complexity index is 844. The first-order chi connectivity index (χ1) is 15.0. The largest absolute Gasteiger partial charge is 0.299 e. The topological polar surface area (TPSA) is 27.0 Å². The van der Waals surface area contributed by atoms with Crippen LogP contribution in [0, 0.1) is 11.3 Å². The summed E-state index contributed by atoms with van der Waals surface area (Å²) >= 11 is 0. The van der Waals surface area contributed by atoms with Gasteiger partial charge < -0.3 is 0 Å². The van der Waals surface area contributed by atoms with Gasteiger partial charge in [-0.3, -0.25) is 4.90 Å². The number of halogens is 2. The molecular formula is C27H34F2N2. The van der Waals surface area contributed by atoms with E-state index >= 15 is 0 Å². The van der Waals surface area contributed by atoms with Crippen LogP contribution >= 0.6 is 0 Å². The minimum Gasteiger partial charge on any atom is -0.299 e. The maximum absolute atomic E-state index is 14.9. The summed E-state index contributed by atoms with van der Waals surface area (Å²) in [6.07, 6.45) is 5.13. The highest BCUT2D eigenvalue weighted by Crippen LogP contribution is 2.55. The summed E-state index contributed by atoms with van der Waals surface area (Å²) in [4.78, 5) is 2.46. The molecule has 0 N–H and O–H groups in total. The zero-order valence-corrected chi connectivity index (χ0v) is 18.8. The summed E-state index contributed by atoms with van der Waals surface area (Å²) in [6.45, 7) is 6.56. The SMILES string of the molecule is CC#N.CCCN(CCCc1c(C2(F)CC2)cccc1C1(F)CC1)Cc1ccccc1. The van der Waals surface area contributed by atoms with Gasteiger partial charge in [0.1, 0.15) is 11.3 Å². The first-order valence-electron chi connectivity index (χ1n) is 11.5. The third-order valence-corrected chi connectivity index (χ3v) is 6.21. The Balaban J connectivity index is 0.000000858. The maximum Gasteiger partial charge on any atom is 0.136 e. The second-order valence-corrected chi connectivity index (χ2v) is 8.85. The molecule has 0 heterocycles. The lowest BCUT2D eigenvalue weighted by atomic mass is 9.90. The summed E-state index contributed by atoms with van der Waals surface area (Å²) in [7, 11) is 0. The zero-order chi connectivity index (χ0) is 22.3. The number of rotatable bonds is 10. The van der Waals surface area contributed by atoms with Crippen LogP contribution in [0.3, 0.4) is 0 Å². The first kappa shape index (κ1) is 23.4. The van der Waals surface area contributed by atoms with E-state index in [0.717, 1.165) is 55.6 Å². The minimum atomic E-state index is -1.20. The van der Waals surface area contributed by atoms with Crippen molar-refractivity contribution >= 4 is 0 Å². The van der Waals surface area contributed by atoms with Gasteiger partial charge in [0.25, 0.3) is 0 Å². The van der Waals surface area contributed by atoms with Crippen LogP contribution in [0.25, 0.3) is 0 Å². The van der Waals surface area contributed by atoms with Gasteiger partial charge in [0.2, 0.25) is 0 Å². The molecule has 166 valence electrons. The predicted molar refractivity (Wildman–Crippen MR) is 122 cm³/mol. The van der Waals surface area contributed by atoms with E-state index in [1.165, 1.54) is 12.5 Å². The Morgan fingerprint density at radius 2 is 1.45 bits per heavy atom. The Kier molecular flexibility index (Phi) is 7.84. The van der Waals surface area contributed by atoms with Crippen molar-refractivity contribution in [2.45, 2.75) is 76.7 Å². The van der Waals surface area contributed by atoms with E-state index in [1.54, 1.807) is 6.07 Å². The van der Waals surface area contributed by atoms with E-state index in [4.69, 9.17) is 5.26 Å². The minimum absolute atomic E-state index is 0.582. The summed E-state index contributed by atoms with van der Waals surface area (Å²) in [5, 5.41) is 7.32. The molecule has 2 aromatic carbocycles. The van der Waals surface area contributed by atoms with Gasteiger partial charge >= 0.3 is 0 Å². The van der Waals surface area contributed by atoms with E-state index in [9.17, 15) is 8.78 Å². The van der Waals surface area contributed by atoms with Gasteiger partial charge in [0, 0.05) is 13.5 Å². The molecule has 2 aliphatic rings. The number of benzene rings is 2. The van der Waals surface area contributed by atoms with E-state index in [-0.39, 0.29) is 0 Å². The van der Waals surface area contributed by atoms with Crippen LogP contribution in [0.4, 0.5) is 8.78 Å². The van der Waals surface area contributed by atoms with Crippen LogP contribution in [0.5, 0.6) is 0 Å². The molecule has 4 rings (SSSR count). The Hall–Kier alpha value is -2.25. The molecule has 2 saturated carbocycles. The van der Waals surface area contributed by atoms with Crippen LogP contribution in [-0.2, 0) is 24.3 Å². The Morgan fingerprint density at radius 3 is 1.94 bits per heavy atom. The molecule has 2 fully saturated rings. The van der Waals surface area contributed by atoms with E-state index in [1.807, 2.05) is 24.3 Å².